The normalized spacial score (nSPS) is 11.3. The summed E-state index contributed by atoms with van der Waals surface area (Å²) in [6.45, 7) is 5.64. The minimum Gasteiger partial charge on any atom is -0.481 e. The van der Waals surface area contributed by atoms with Crippen molar-refractivity contribution in [2.75, 3.05) is 6.54 Å². The Hall–Kier alpha value is -0.770. The van der Waals surface area contributed by atoms with E-state index in [2.05, 4.69) is 18.7 Å². The first-order chi connectivity index (χ1) is 8.88. The summed E-state index contributed by atoms with van der Waals surface area (Å²) in [6.07, 6.45) is 0.835. The summed E-state index contributed by atoms with van der Waals surface area (Å²) in [4.78, 5) is 12.8. The van der Waals surface area contributed by atoms with E-state index >= 15 is 0 Å². The fraction of sp³-hybridized carbons (Fsp3) is 0.500. The van der Waals surface area contributed by atoms with Crippen LogP contribution in [0.2, 0.25) is 10.0 Å². The minimum atomic E-state index is -0.755. The highest BCUT2D eigenvalue weighted by atomic mass is 35.5. The van der Waals surface area contributed by atoms with E-state index in [0.29, 0.717) is 22.5 Å². The summed E-state index contributed by atoms with van der Waals surface area (Å²) in [5.41, 5.74) is 1.04. The number of benzene rings is 1. The van der Waals surface area contributed by atoms with E-state index in [-0.39, 0.29) is 6.42 Å². The van der Waals surface area contributed by atoms with Crippen LogP contribution in [0.3, 0.4) is 0 Å². The highest BCUT2D eigenvalue weighted by Crippen LogP contribution is 2.21. The molecule has 0 aliphatic rings. The quantitative estimate of drug-likeness (QED) is 0.825. The maximum absolute atomic E-state index is 10.5. The van der Waals surface area contributed by atoms with Crippen molar-refractivity contribution >= 4 is 29.2 Å². The molecule has 0 saturated carbocycles. The summed E-state index contributed by atoms with van der Waals surface area (Å²) >= 11 is 12.0. The average Bonchev–Trinajstić information content (AvgIpc) is 2.25. The molecule has 1 aromatic rings. The standard InChI is InChI=1S/C14H19Cl2NO2/c1-10(2)17(5-3-4-14(18)19)9-11-6-12(15)8-13(16)7-11/h6-8,10H,3-5,9H2,1-2H3,(H,18,19). The number of rotatable bonds is 7. The molecule has 1 aromatic carbocycles. The van der Waals surface area contributed by atoms with Gasteiger partial charge < -0.3 is 5.11 Å². The summed E-state index contributed by atoms with van der Waals surface area (Å²) < 4.78 is 0. The lowest BCUT2D eigenvalue weighted by Gasteiger charge is -2.26. The minimum absolute atomic E-state index is 0.194. The van der Waals surface area contributed by atoms with Gasteiger partial charge in [-0.25, -0.2) is 0 Å². The first kappa shape index (κ1) is 16.3. The average molecular weight is 304 g/mol. The molecular formula is C14H19Cl2NO2. The van der Waals surface area contributed by atoms with Crippen molar-refractivity contribution in [1.82, 2.24) is 4.90 Å². The zero-order valence-electron chi connectivity index (χ0n) is 11.2. The third kappa shape index (κ3) is 6.28. The fourth-order valence-electron chi connectivity index (χ4n) is 1.89. The highest BCUT2D eigenvalue weighted by molar-refractivity contribution is 6.34. The number of hydrogen-bond donors (Lipinski definition) is 1. The molecule has 0 spiro atoms. The van der Waals surface area contributed by atoms with Gasteiger partial charge in [0, 0.05) is 29.1 Å². The van der Waals surface area contributed by atoms with Gasteiger partial charge in [-0.2, -0.15) is 0 Å². The van der Waals surface area contributed by atoms with Crippen LogP contribution in [0.15, 0.2) is 18.2 Å². The van der Waals surface area contributed by atoms with Gasteiger partial charge in [-0.1, -0.05) is 23.2 Å². The lowest BCUT2D eigenvalue weighted by atomic mass is 10.1. The molecular weight excluding hydrogens is 285 g/mol. The van der Waals surface area contributed by atoms with Gasteiger partial charge in [0.25, 0.3) is 0 Å². The Morgan fingerprint density at radius 1 is 1.26 bits per heavy atom. The number of nitrogens with zero attached hydrogens (tertiary/aromatic N) is 1. The largest absolute Gasteiger partial charge is 0.481 e. The van der Waals surface area contributed by atoms with Gasteiger partial charge in [-0.05, 0) is 50.6 Å². The predicted octanol–water partition coefficient (Wildman–Crippen LogP) is 4.07. The van der Waals surface area contributed by atoms with E-state index < -0.39 is 5.97 Å². The fourth-order valence-corrected chi connectivity index (χ4v) is 2.46. The van der Waals surface area contributed by atoms with E-state index in [1.54, 1.807) is 6.07 Å². The van der Waals surface area contributed by atoms with Crippen molar-refractivity contribution in [1.29, 1.82) is 0 Å². The Bertz CT molecular complexity index is 415. The molecule has 5 heteroatoms. The third-order valence-corrected chi connectivity index (χ3v) is 3.31. The van der Waals surface area contributed by atoms with Crippen molar-refractivity contribution in [3.05, 3.63) is 33.8 Å². The van der Waals surface area contributed by atoms with Crippen LogP contribution in [0.1, 0.15) is 32.3 Å². The third-order valence-electron chi connectivity index (χ3n) is 2.87. The lowest BCUT2D eigenvalue weighted by Crippen LogP contribution is -2.31. The summed E-state index contributed by atoms with van der Waals surface area (Å²) in [5, 5.41) is 9.92. The molecule has 1 N–H and O–H groups in total. The molecule has 1 rings (SSSR count). The summed E-state index contributed by atoms with van der Waals surface area (Å²) in [5.74, 6) is -0.755. The molecule has 106 valence electrons. The number of carbonyl (C=O) groups is 1. The molecule has 0 aliphatic carbocycles. The van der Waals surface area contributed by atoms with Gasteiger partial charge >= 0.3 is 5.97 Å². The maximum atomic E-state index is 10.5. The molecule has 0 amide bonds. The Balaban J connectivity index is 2.64. The zero-order valence-corrected chi connectivity index (χ0v) is 12.7. The van der Waals surface area contributed by atoms with Crippen molar-refractivity contribution in [3.8, 4) is 0 Å². The van der Waals surface area contributed by atoms with Crippen LogP contribution in [0, 0.1) is 0 Å². The number of aliphatic carboxylic acids is 1. The van der Waals surface area contributed by atoms with E-state index in [0.717, 1.165) is 18.7 Å². The van der Waals surface area contributed by atoms with E-state index in [1.165, 1.54) is 0 Å². The zero-order chi connectivity index (χ0) is 14.4. The van der Waals surface area contributed by atoms with Crippen LogP contribution in [0.4, 0.5) is 0 Å². The Morgan fingerprint density at radius 3 is 2.32 bits per heavy atom. The van der Waals surface area contributed by atoms with Gasteiger partial charge in [0.2, 0.25) is 0 Å². The Kier molecular flexibility index (Phi) is 6.63. The molecule has 3 nitrogen and oxygen atoms in total. The van der Waals surface area contributed by atoms with Crippen molar-refractivity contribution < 1.29 is 9.90 Å². The van der Waals surface area contributed by atoms with Crippen LogP contribution in [0.5, 0.6) is 0 Å². The molecule has 0 aliphatic heterocycles. The second-order valence-corrected chi connectivity index (χ2v) is 5.71. The van der Waals surface area contributed by atoms with Gasteiger partial charge in [-0.3, -0.25) is 9.69 Å². The number of hydrogen-bond acceptors (Lipinski definition) is 2. The Labute approximate surface area is 124 Å². The van der Waals surface area contributed by atoms with E-state index in [4.69, 9.17) is 28.3 Å². The van der Waals surface area contributed by atoms with Gasteiger partial charge in [-0.15, -0.1) is 0 Å². The maximum Gasteiger partial charge on any atom is 0.303 e. The molecule has 0 radical (unpaired) electrons. The van der Waals surface area contributed by atoms with Crippen LogP contribution < -0.4 is 0 Å². The molecule has 0 saturated heterocycles. The molecule has 19 heavy (non-hydrogen) atoms. The monoisotopic (exact) mass is 303 g/mol. The van der Waals surface area contributed by atoms with Crippen molar-refractivity contribution in [2.24, 2.45) is 0 Å². The van der Waals surface area contributed by atoms with E-state index in [1.807, 2.05) is 12.1 Å². The summed E-state index contributed by atoms with van der Waals surface area (Å²) in [6, 6.07) is 5.82. The molecule has 0 unspecified atom stereocenters. The van der Waals surface area contributed by atoms with Crippen molar-refractivity contribution in [2.45, 2.75) is 39.3 Å². The first-order valence-electron chi connectivity index (χ1n) is 6.29. The van der Waals surface area contributed by atoms with Crippen molar-refractivity contribution in [3.63, 3.8) is 0 Å². The van der Waals surface area contributed by atoms with Crippen LogP contribution >= 0.6 is 23.2 Å². The number of halogens is 2. The van der Waals surface area contributed by atoms with Crippen LogP contribution in [0.25, 0.3) is 0 Å². The smallest absolute Gasteiger partial charge is 0.303 e. The molecule has 0 aromatic heterocycles. The van der Waals surface area contributed by atoms with Gasteiger partial charge in [0.05, 0.1) is 0 Å². The highest BCUT2D eigenvalue weighted by Gasteiger charge is 2.11. The van der Waals surface area contributed by atoms with Gasteiger partial charge in [0.15, 0.2) is 0 Å². The van der Waals surface area contributed by atoms with Gasteiger partial charge in [0.1, 0.15) is 0 Å². The molecule has 0 bridgehead atoms. The Morgan fingerprint density at radius 2 is 1.84 bits per heavy atom. The number of carboxylic acid groups (broad SMARTS) is 1. The van der Waals surface area contributed by atoms with Crippen LogP contribution in [-0.4, -0.2) is 28.6 Å². The SMILES string of the molecule is CC(C)N(CCCC(=O)O)Cc1cc(Cl)cc(Cl)c1. The molecule has 0 atom stereocenters. The van der Waals surface area contributed by atoms with Crippen LogP contribution in [-0.2, 0) is 11.3 Å². The first-order valence-corrected chi connectivity index (χ1v) is 7.05. The predicted molar refractivity (Wildman–Crippen MR) is 78.9 cm³/mol. The molecule has 0 heterocycles. The summed E-state index contributed by atoms with van der Waals surface area (Å²) in [7, 11) is 0. The lowest BCUT2D eigenvalue weighted by molar-refractivity contribution is -0.137. The molecule has 0 fully saturated rings. The second kappa shape index (κ2) is 7.73. The topological polar surface area (TPSA) is 40.5 Å². The number of carboxylic acids is 1. The van der Waals surface area contributed by atoms with E-state index in [9.17, 15) is 4.79 Å². The second-order valence-electron chi connectivity index (χ2n) is 4.84.